The van der Waals surface area contributed by atoms with Crippen LogP contribution in [0.15, 0.2) is 36.9 Å². The summed E-state index contributed by atoms with van der Waals surface area (Å²) in [5.41, 5.74) is 4.12. The van der Waals surface area contributed by atoms with Crippen molar-refractivity contribution in [3.05, 3.63) is 58.6 Å². The summed E-state index contributed by atoms with van der Waals surface area (Å²) in [6.07, 6.45) is 1.37. The third-order valence-electron chi connectivity index (χ3n) is 5.98. The normalized spacial score (nSPS) is 18.0. The Bertz CT molecular complexity index is 1100. The van der Waals surface area contributed by atoms with Crippen LogP contribution in [0.25, 0.3) is 11.1 Å². The molecule has 2 aliphatic rings. The third-order valence-corrected chi connectivity index (χ3v) is 6.30. The summed E-state index contributed by atoms with van der Waals surface area (Å²) in [4.78, 5) is 16.3. The van der Waals surface area contributed by atoms with Crippen molar-refractivity contribution in [3.8, 4) is 34.5 Å². The first kappa shape index (κ1) is 21.3. The molecular formula is C25H25ClN2O3. The molecule has 1 amide bonds. The summed E-state index contributed by atoms with van der Waals surface area (Å²) in [6, 6.07) is 7.25. The van der Waals surface area contributed by atoms with Crippen LogP contribution >= 0.6 is 11.6 Å². The lowest BCUT2D eigenvalue weighted by Gasteiger charge is -2.39. The largest absolute Gasteiger partial charge is 0.507 e. The van der Waals surface area contributed by atoms with Gasteiger partial charge in [0.2, 0.25) is 5.91 Å². The Morgan fingerprint density at radius 1 is 1.35 bits per heavy atom. The van der Waals surface area contributed by atoms with Gasteiger partial charge < -0.3 is 14.7 Å². The number of hydrogen-bond donors (Lipinski definition) is 1. The van der Waals surface area contributed by atoms with Crippen LogP contribution in [0.1, 0.15) is 23.6 Å². The lowest BCUT2D eigenvalue weighted by atomic mass is 9.91. The second-order valence-corrected chi connectivity index (χ2v) is 8.25. The van der Waals surface area contributed by atoms with Crippen LogP contribution in [0.3, 0.4) is 0 Å². The van der Waals surface area contributed by atoms with Gasteiger partial charge in [0.25, 0.3) is 0 Å². The molecule has 4 rings (SSSR count). The molecule has 0 bridgehead atoms. The molecular weight excluding hydrogens is 412 g/mol. The quantitative estimate of drug-likeness (QED) is 0.571. The van der Waals surface area contributed by atoms with E-state index in [1.165, 1.54) is 6.08 Å². The van der Waals surface area contributed by atoms with E-state index in [-0.39, 0.29) is 17.7 Å². The minimum atomic E-state index is -0.0467. The lowest BCUT2D eigenvalue weighted by molar-refractivity contribution is -0.129. The first-order valence-electron chi connectivity index (χ1n) is 10.3. The van der Waals surface area contributed by atoms with Crippen LogP contribution in [-0.4, -0.2) is 53.1 Å². The number of carbonyl (C=O) groups excluding carboxylic acids is 1. The number of hydrogen-bond acceptors (Lipinski definition) is 4. The standard InChI is InChI=1S/C25H25ClN2O3/c1-4-7-17-12-18-13-27-10-11-28(22(30)5-2)14-19(27)15-31-25(18)16(3)23(17)24-20(26)8-6-9-21(24)29/h5-6,8-9,12,19,29H,2,10-11,13-15H2,1,3H3/t19-/m1/s1. The average Bonchev–Trinajstić information content (AvgIpc) is 2.94. The number of aromatic hydroxyl groups is 1. The second kappa shape index (κ2) is 8.66. The first-order chi connectivity index (χ1) is 14.9. The zero-order chi connectivity index (χ0) is 22.1. The molecule has 5 nitrogen and oxygen atoms in total. The second-order valence-electron chi connectivity index (χ2n) is 7.85. The van der Waals surface area contributed by atoms with Gasteiger partial charge in [-0.3, -0.25) is 9.69 Å². The minimum absolute atomic E-state index is 0.0467. The molecule has 160 valence electrons. The number of amides is 1. The summed E-state index contributed by atoms with van der Waals surface area (Å²) >= 11 is 6.48. The fourth-order valence-corrected chi connectivity index (χ4v) is 4.75. The molecule has 6 heteroatoms. The summed E-state index contributed by atoms with van der Waals surface area (Å²) < 4.78 is 6.31. The summed E-state index contributed by atoms with van der Waals surface area (Å²) in [5.74, 6) is 7.03. The molecule has 2 aliphatic heterocycles. The van der Waals surface area contributed by atoms with Crippen molar-refractivity contribution in [1.29, 1.82) is 0 Å². The summed E-state index contributed by atoms with van der Waals surface area (Å²) in [7, 11) is 0. The summed E-state index contributed by atoms with van der Waals surface area (Å²) in [6.45, 7) is 10.6. The van der Waals surface area contributed by atoms with Crippen molar-refractivity contribution >= 4 is 17.5 Å². The maximum Gasteiger partial charge on any atom is 0.246 e. The van der Waals surface area contributed by atoms with E-state index in [4.69, 9.17) is 16.3 Å². The number of fused-ring (bicyclic) bond motifs is 2. The Morgan fingerprint density at radius 2 is 2.16 bits per heavy atom. The van der Waals surface area contributed by atoms with Crippen molar-refractivity contribution in [3.63, 3.8) is 0 Å². The average molecular weight is 437 g/mol. The number of carbonyl (C=O) groups is 1. The van der Waals surface area contributed by atoms with Crippen LogP contribution in [0, 0.1) is 18.8 Å². The number of nitrogens with zero attached hydrogens (tertiary/aromatic N) is 2. The first-order valence-corrected chi connectivity index (χ1v) is 10.7. The van der Waals surface area contributed by atoms with E-state index >= 15 is 0 Å². The van der Waals surface area contributed by atoms with E-state index in [1.54, 1.807) is 25.1 Å². The number of halogens is 1. The van der Waals surface area contributed by atoms with Crippen LogP contribution in [-0.2, 0) is 11.3 Å². The number of rotatable bonds is 2. The third kappa shape index (κ3) is 3.89. The number of phenolic OH excluding ortho intramolecular Hbond substituents is 1. The molecule has 2 aromatic rings. The number of ether oxygens (including phenoxy) is 1. The molecule has 1 N–H and O–H groups in total. The number of phenols is 1. The molecule has 0 unspecified atom stereocenters. The van der Waals surface area contributed by atoms with Crippen LogP contribution in [0.2, 0.25) is 5.02 Å². The van der Waals surface area contributed by atoms with E-state index in [2.05, 4.69) is 23.3 Å². The topological polar surface area (TPSA) is 53.0 Å². The molecule has 0 spiro atoms. The van der Waals surface area contributed by atoms with Crippen LogP contribution in [0.4, 0.5) is 0 Å². The molecule has 1 atom stereocenters. The van der Waals surface area contributed by atoms with Gasteiger partial charge >= 0.3 is 0 Å². The molecule has 0 aliphatic carbocycles. The maximum absolute atomic E-state index is 12.1. The van der Waals surface area contributed by atoms with E-state index in [0.29, 0.717) is 36.8 Å². The Labute approximate surface area is 187 Å². The molecule has 1 fully saturated rings. The SMILES string of the molecule is C=CC(=O)N1CCN2Cc3cc(C#CC)c(-c4c(O)cccc4Cl)c(C)c3OC[C@H]2C1. The van der Waals surface area contributed by atoms with Gasteiger partial charge in [0.05, 0.1) is 11.1 Å². The van der Waals surface area contributed by atoms with Gasteiger partial charge in [0, 0.05) is 54.0 Å². The smallest absolute Gasteiger partial charge is 0.246 e. The Hall–Kier alpha value is -2.94. The highest BCUT2D eigenvalue weighted by molar-refractivity contribution is 6.33. The van der Waals surface area contributed by atoms with Gasteiger partial charge in [-0.1, -0.05) is 30.2 Å². The van der Waals surface area contributed by atoms with Crippen LogP contribution in [0.5, 0.6) is 11.5 Å². The minimum Gasteiger partial charge on any atom is -0.507 e. The predicted octanol–water partition coefficient (Wildman–Crippen LogP) is 3.98. The van der Waals surface area contributed by atoms with Crippen molar-refractivity contribution in [2.24, 2.45) is 0 Å². The number of benzene rings is 2. The lowest BCUT2D eigenvalue weighted by Crippen LogP contribution is -2.55. The van der Waals surface area contributed by atoms with Gasteiger partial charge in [0.1, 0.15) is 18.1 Å². The highest BCUT2D eigenvalue weighted by atomic mass is 35.5. The fourth-order valence-electron chi connectivity index (χ4n) is 4.49. The fraction of sp³-hybridized carbons (Fsp3) is 0.320. The van der Waals surface area contributed by atoms with Crippen molar-refractivity contribution in [1.82, 2.24) is 9.80 Å². The zero-order valence-electron chi connectivity index (χ0n) is 17.7. The van der Waals surface area contributed by atoms with Crippen molar-refractivity contribution in [2.45, 2.75) is 26.4 Å². The van der Waals surface area contributed by atoms with Gasteiger partial charge in [-0.25, -0.2) is 0 Å². The Balaban J connectivity index is 1.78. The highest BCUT2D eigenvalue weighted by Gasteiger charge is 2.33. The van der Waals surface area contributed by atoms with E-state index in [1.807, 2.05) is 17.9 Å². The van der Waals surface area contributed by atoms with Gasteiger partial charge in [-0.05, 0) is 38.1 Å². The molecule has 2 aromatic carbocycles. The molecule has 31 heavy (non-hydrogen) atoms. The zero-order valence-corrected chi connectivity index (χ0v) is 18.5. The Morgan fingerprint density at radius 3 is 2.87 bits per heavy atom. The number of piperazine rings is 1. The maximum atomic E-state index is 12.1. The molecule has 1 saturated heterocycles. The Kier molecular flexibility index (Phi) is 5.95. The highest BCUT2D eigenvalue weighted by Crippen LogP contribution is 2.44. The van der Waals surface area contributed by atoms with Gasteiger partial charge in [-0.15, -0.1) is 5.92 Å². The summed E-state index contributed by atoms with van der Waals surface area (Å²) in [5, 5.41) is 11.0. The molecule has 0 aromatic heterocycles. The monoisotopic (exact) mass is 436 g/mol. The van der Waals surface area contributed by atoms with E-state index in [9.17, 15) is 9.90 Å². The predicted molar refractivity (Wildman–Crippen MR) is 122 cm³/mol. The molecule has 0 saturated carbocycles. The van der Waals surface area contributed by atoms with Gasteiger partial charge in [-0.2, -0.15) is 0 Å². The van der Waals surface area contributed by atoms with Crippen molar-refractivity contribution in [2.75, 3.05) is 26.2 Å². The van der Waals surface area contributed by atoms with Gasteiger partial charge in [0.15, 0.2) is 0 Å². The van der Waals surface area contributed by atoms with Crippen LogP contribution < -0.4 is 4.74 Å². The van der Waals surface area contributed by atoms with E-state index < -0.39 is 0 Å². The molecule has 0 radical (unpaired) electrons. The van der Waals surface area contributed by atoms with Crippen molar-refractivity contribution < 1.29 is 14.6 Å². The molecule has 2 heterocycles. The van der Waals surface area contributed by atoms with E-state index in [0.717, 1.165) is 34.5 Å².